The maximum absolute atomic E-state index is 11.6. The Morgan fingerprint density at radius 1 is 1.50 bits per heavy atom. The van der Waals surface area contributed by atoms with Gasteiger partial charge < -0.3 is 16.4 Å². The first kappa shape index (κ1) is 15.2. The normalized spacial score (nSPS) is 20.0. The zero-order valence-corrected chi connectivity index (χ0v) is 10.5. The molecule has 0 aromatic carbocycles. The van der Waals surface area contributed by atoms with Crippen LogP contribution in [0.1, 0.15) is 20.3 Å². The molecule has 2 amide bonds. The van der Waals surface area contributed by atoms with Crippen molar-refractivity contribution in [2.75, 3.05) is 19.6 Å². The number of carbonyl (C=O) groups is 2. The molecule has 0 aliphatic carbocycles. The second-order valence-electron chi connectivity index (χ2n) is 4.66. The van der Waals surface area contributed by atoms with Gasteiger partial charge in [-0.15, -0.1) is 12.4 Å². The number of amides is 2. The lowest BCUT2D eigenvalue weighted by Crippen LogP contribution is -2.44. The van der Waals surface area contributed by atoms with Gasteiger partial charge in [-0.2, -0.15) is 0 Å². The summed E-state index contributed by atoms with van der Waals surface area (Å²) in [6.07, 6.45) is 0.864. The number of rotatable bonds is 4. The number of nitrogens with one attached hydrogen (secondary N) is 2. The van der Waals surface area contributed by atoms with Crippen LogP contribution < -0.4 is 16.4 Å². The molecule has 1 aliphatic rings. The Balaban J connectivity index is 0.00000225. The third-order valence-corrected chi connectivity index (χ3v) is 2.80. The average Bonchev–Trinajstić information content (AvgIpc) is 2.66. The Hall–Kier alpha value is -0.810. The molecular formula is C10H20ClN3O2. The summed E-state index contributed by atoms with van der Waals surface area (Å²) in [6, 6.07) is 0. The largest absolute Gasteiger partial charge is 0.369 e. The molecule has 0 aromatic heterocycles. The van der Waals surface area contributed by atoms with Gasteiger partial charge in [0.05, 0.1) is 11.3 Å². The van der Waals surface area contributed by atoms with Crippen molar-refractivity contribution < 1.29 is 9.59 Å². The predicted octanol–water partition coefficient (Wildman–Crippen LogP) is -0.355. The molecule has 1 unspecified atom stereocenters. The van der Waals surface area contributed by atoms with Gasteiger partial charge in [0, 0.05) is 13.1 Å². The lowest BCUT2D eigenvalue weighted by Gasteiger charge is -2.21. The van der Waals surface area contributed by atoms with Gasteiger partial charge in [0.1, 0.15) is 0 Å². The maximum atomic E-state index is 11.6. The van der Waals surface area contributed by atoms with E-state index < -0.39 is 11.3 Å². The van der Waals surface area contributed by atoms with E-state index in [1.165, 1.54) is 0 Å². The predicted molar refractivity (Wildman–Crippen MR) is 64.2 cm³/mol. The second kappa shape index (κ2) is 6.06. The van der Waals surface area contributed by atoms with Crippen molar-refractivity contribution in [2.24, 2.45) is 17.1 Å². The lowest BCUT2D eigenvalue weighted by molar-refractivity contribution is -0.128. The van der Waals surface area contributed by atoms with Crippen molar-refractivity contribution in [1.29, 1.82) is 0 Å². The Kier molecular flexibility index (Phi) is 5.75. The minimum atomic E-state index is -0.679. The zero-order valence-electron chi connectivity index (χ0n) is 9.71. The molecule has 1 rings (SSSR count). The first-order valence-corrected chi connectivity index (χ1v) is 5.22. The van der Waals surface area contributed by atoms with E-state index in [1.807, 2.05) is 0 Å². The lowest BCUT2D eigenvalue weighted by atomic mass is 9.92. The molecule has 1 fully saturated rings. The summed E-state index contributed by atoms with van der Waals surface area (Å²) in [5.41, 5.74) is 4.53. The molecule has 0 spiro atoms. The van der Waals surface area contributed by atoms with Gasteiger partial charge in [-0.1, -0.05) is 0 Å². The highest BCUT2D eigenvalue weighted by Crippen LogP contribution is 2.13. The quantitative estimate of drug-likeness (QED) is 0.637. The summed E-state index contributed by atoms with van der Waals surface area (Å²) in [5.74, 6) is -0.352. The van der Waals surface area contributed by atoms with Crippen molar-refractivity contribution in [3.8, 4) is 0 Å². The third-order valence-electron chi connectivity index (χ3n) is 2.80. The van der Waals surface area contributed by atoms with E-state index in [0.717, 1.165) is 19.5 Å². The van der Waals surface area contributed by atoms with Gasteiger partial charge in [-0.25, -0.2) is 0 Å². The Labute approximate surface area is 102 Å². The van der Waals surface area contributed by atoms with Gasteiger partial charge in [-0.05, 0) is 26.8 Å². The van der Waals surface area contributed by atoms with Crippen LogP contribution in [0, 0.1) is 11.3 Å². The number of hydrogen-bond donors (Lipinski definition) is 3. The fraction of sp³-hybridized carbons (Fsp3) is 0.800. The zero-order chi connectivity index (χ0) is 11.5. The highest BCUT2D eigenvalue weighted by molar-refractivity contribution is 5.85. The number of halogens is 1. The van der Waals surface area contributed by atoms with Crippen LogP contribution >= 0.6 is 12.4 Å². The smallest absolute Gasteiger partial charge is 0.224 e. The molecule has 0 bridgehead atoms. The highest BCUT2D eigenvalue weighted by atomic mass is 35.5. The SMILES string of the molecule is CC(C)(CNC(=O)C1CCNC1)C(N)=O.Cl. The summed E-state index contributed by atoms with van der Waals surface area (Å²) in [5, 5.41) is 5.89. The average molecular weight is 250 g/mol. The number of hydrogen-bond acceptors (Lipinski definition) is 3. The maximum Gasteiger partial charge on any atom is 0.224 e. The minimum absolute atomic E-state index is 0. The molecule has 16 heavy (non-hydrogen) atoms. The summed E-state index contributed by atoms with van der Waals surface area (Å²) >= 11 is 0. The van der Waals surface area contributed by atoms with Crippen molar-refractivity contribution >= 4 is 24.2 Å². The molecule has 1 heterocycles. The van der Waals surface area contributed by atoms with Gasteiger partial charge in [0.2, 0.25) is 11.8 Å². The van der Waals surface area contributed by atoms with Crippen molar-refractivity contribution in [1.82, 2.24) is 10.6 Å². The van der Waals surface area contributed by atoms with Crippen LogP contribution in [0.15, 0.2) is 0 Å². The molecule has 4 N–H and O–H groups in total. The molecule has 94 valence electrons. The van der Waals surface area contributed by atoms with E-state index in [1.54, 1.807) is 13.8 Å². The van der Waals surface area contributed by atoms with Gasteiger partial charge in [-0.3, -0.25) is 9.59 Å². The third kappa shape index (κ3) is 3.98. The van der Waals surface area contributed by atoms with Crippen LogP contribution in [-0.4, -0.2) is 31.4 Å². The minimum Gasteiger partial charge on any atom is -0.369 e. The molecule has 0 saturated carbocycles. The summed E-state index contributed by atoms with van der Waals surface area (Å²) < 4.78 is 0. The number of carbonyl (C=O) groups excluding carboxylic acids is 2. The summed E-state index contributed by atoms with van der Waals surface area (Å²) in [4.78, 5) is 22.6. The molecule has 1 saturated heterocycles. The second-order valence-corrected chi connectivity index (χ2v) is 4.66. The van der Waals surface area contributed by atoms with Crippen LogP contribution in [0.5, 0.6) is 0 Å². The Morgan fingerprint density at radius 3 is 2.56 bits per heavy atom. The van der Waals surface area contributed by atoms with Gasteiger partial charge >= 0.3 is 0 Å². The Morgan fingerprint density at radius 2 is 2.12 bits per heavy atom. The summed E-state index contributed by atoms with van der Waals surface area (Å²) in [6.45, 7) is 5.36. The molecule has 0 radical (unpaired) electrons. The molecule has 1 aliphatic heterocycles. The van der Waals surface area contributed by atoms with Crippen molar-refractivity contribution in [3.05, 3.63) is 0 Å². The van der Waals surface area contributed by atoms with Gasteiger partial charge in [0.15, 0.2) is 0 Å². The van der Waals surface area contributed by atoms with Crippen LogP contribution in [0.2, 0.25) is 0 Å². The molecule has 6 heteroatoms. The van der Waals surface area contributed by atoms with Crippen molar-refractivity contribution in [3.63, 3.8) is 0 Å². The summed E-state index contributed by atoms with van der Waals surface area (Å²) in [7, 11) is 0. The van der Waals surface area contributed by atoms with E-state index in [-0.39, 0.29) is 24.2 Å². The van der Waals surface area contributed by atoms with Crippen LogP contribution in [-0.2, 0) is 9.59 Å². The van der Waals surface area contributed by atoms with E-state index in [4.69, 9.17) is 5.73 Å². The highest BCUT2D eigenvalue weighted by Gasteiger charge is 2.28. The van der Waals surface area contributed by atoms with Crippen LogP contribution in [0.25, 0.3) is 0 Å². The monoisotopic (exact) mass is 249 g/mol. The fourth-order valence-corrected chi connectivity index (χ4v) is 1.42. The first-order valence-electron chi connectivity index (χ1n) is 5.22. The standard InChI is InChI=1S/C10H19N3O2.ClH/c1-10(2,9(11)15)6-13-8(14)7-3-4-12-5-7;/h7,12H,3-6H2,1-2H3,(H2,11,15)(H,13,14);1H. The topological polar surface area (TPSA) is 84.2 Å². The van der Waals surface area contributed by atoms with E-state index in [2.05, 4.69) is 10.6 Å². The Bertz CT molecular complexity index is 263. The molecule has 5 nitrogen and oxygen atoms in total. The molecular weight excluding hydrogens is 230 g/mol. The first-order chi connectivity index (χ1) is 6.93. The van der Waals surface area contributed by atoms with Crippen molar-refractivity contribution in [2.45, 2.75) is 20.3 Å². The number of primary amides is 1. The fourth-order valence-electron chi connectivity index (χ4n) is 1.42. The number of nitrogens with two attached hydrogens (primary N) is 1. The molecule has 1 atom stereocenters. The van der Waals surface area contributed by atoms with E-state index in [0.29, 0.717) is 6.54 Å². The van der Waals surface area contributed by atoms with Gasteiger partial charge in [0.25, 0.3) is 0 Å². The van der Waals surface area contributed by atoms with E-state index in [9.17, 15) is 9.59 Å². The van der Waals surface area contributed by atoms with Crippen LogP contribution in [0.3, 0.4) is 0 Å². The van der Waals surface area contributed by atoms with Crippen LogP contribution in [0.4, 0.5) is 0 Å². The molecule has 0 aromatic rings. The van der Waals surface area contributed by atoms with E-state index >= 15 is 0 Å².